The van der Waals surface area contributed by atoms with Crippen LogP contribution >= 0.6 is 0 Å². The van der Waals surface area contributed by atoms with Crippen molar-refractivity contribution in [2.24, 2.45) is 5.92 Å². The van der Waals surface area contributed by atoms with E-state index in [1.807, 2.05) is 0 Å². The monoisotopic (exact) mass is 210 g/mol. The smallest absolute Gasteiger partial charge is 0.319 e. The molecule has 1 saturated carbocycles. The van der Waals surface area contributed by atoms with Crippen LogP contribution in [0.4, 0.5) is 0 Å². The van der Waals surface area contributed by atoms with Crippen LogP contribution in [0.5, 0.6) is 0 Å². The van der Waals surface area contributed by atoms with Crippen molar-refractivity contribution in [3.05, 3.63) is 0 Å². The first-order valence-electron chi connectivity index (χ1n) is 5.56. The van der Waals surface area contributed by atoms with Gasteiger partial charge in [0.25, 0.3) is 0 Å². The van der Waals surface area contributed by atoms with Crippen LogP contribution < -0.4 is 5.32 Å². The molecule has 2 unspecified atom stereocenters. The lowest BCUT2D eigenvalue weighted by atomic mass is 9.85. The van der Waals surface area contributed by atoms with Crippen LogP contribution in [0, 0.1) is 17.2 Å². The molecule has 84 valence electrons. The summed E-state index contributed by atoms with van der Waals surface area (Å²) in [4.78, 5) is 11.1. The van der Waals surface area contributed by atoms with Gasteiger partial charge in [-0.25, -0.2) is 0 Å². The summed E-state index contributed by atoms with van der Waals surface area (Å²) >= 11 is 0. The molecule has 0 aliphatic heterocycles. The molecule has 1 fully saturated rings. The second-order valence-corrected chi connectivity index (χ2v) is 3.81. The van der Waals surface area contributed by atoms with Crippen molar-refractivity contribution in [2.75, 3.05) is 13.2 Å². The third kappa shape index (κ3) is 3.88. The third-order valence-electron chi connectivity index (χ3n) is 2.75. The van der Waals surface area contributed by atoms with Gasteiger partial charge in [0.1, 0.15) is 0 Å². The topological polar surface area (TPSA) is 62.1 Å². The SMILES string of the molecule is CCOC(=O)CNC1CCCCC1C#N. The molecule has 1 aliphatic carbocycles. The molecular weight excluding hydrogens is 192 g/mol. The van der Waals surface area contributed by atoms with E-state index in [1.165, 1.54) is 0 Å². The molecule has 15 heavy (non-hydrogen) atoms. The van der Waals surface area contributed by atoms with E-state index in [0.717, 1.165) is 25.7 Å². The minimum Gasteiger partial charge on any atom is -0.465 e. The summed E-state index contributed by atoms with van der Waals surface area (Å²) < 4.78 is 4.82. The second kappa shape index (κ2) is 6.41. The van der Waals surface area contributed by atoms with E-state index in [-0.39, 0.29) is 24.5 Å². The minimum atomic E-state index is -0.236. The summed E-state index contributed by atoms with van der Waals surface area (Å²) in [6, 6.07) is 2.46. The molecule has 0 amide bonds. The molecule has 4 nitrogen and oxygen atoms in total. The first kappa shape index (κ1) is 12.0. The fourth-order valence-corrected chi connectivity index (χ4v) is 1.96. The zero-order valence-corrected chi connectivity index (χ0v) is 9.16. The Kier molecular flexibility index (Phi) is 5.13. The van der Waals surface area contributed by atoms with Gasteiger partial charge in [0.05, 0.1) is 25.1 Å². The molecule has 1 aliphatic rings. The van der Waals surface area contributed by atoms with Gasteiger partial charge in [-0.15, -0.1) is 0 Å². The lowest BCUT2D eigenvalue weighted by Crippen LogP contribution is -2.41. The normalized spacial score (nSPS) is 25.6. The van der Waals surface area contributed by atoms with Crippen LogP contribution in [0.2, 0.25) is 0 Å². The van der Waals surface area contributed by atoms with E-state index < -0.39 is 0 Å². The summed E-state index contributed by atoms with van der Waals surface area (Å²) in [5, 5.41) is 12.0. The molecule has 4 heteroatoms. The van der Waals surface area contributed by atoms with E-state index in [0.29, 0.717) is 6.61 Å². The Morgan fingerprint density at radius 2 is 2.27 bits per heavy atom. The summed E-state index contributed by atoms with van der Waals surface area (Å²) in [6.45, 7) is 2.42. The number of carbonyl (C=O) groups excluding carboxylic acids is 1. The first-order valence-corrected chi connectivity index (χ1v) is 5.56. The van der Waals surface area contributed by atoms with Gasteiger partial charge < -0.3 is 10.1 Å². The Labute approximate surface area is 90.6 Å². The maximum atomic E-state index is 11.1. The zero-order valence-electron chi connectivity index (χ0n) is 9.16. The fourth-order valence-electron chi connectivity index (χ4n) is 1.96. The molecule has 0 bridgehead atoms. The van der Waals surface area contributed by atoms with Gasteiger partial charge in [0, 0.05) is 6.04 Å². The standard InChI is InChI=1S/C11H18N2O2/c1-2-15-11(14)8-13-10-6-4-3-5-9(10)7-12/h9-10,13H,2-6,8H2,1H3. The molecular formula is C11H18N2O2. The molecule has 0 heterocycles. The minimum absolute atomic E-state index is 0.0492. The highest BCUT2D eigenvalue weighted by atomic mass is 16.5. The quantitative estimate of drug-likeness (QED) is 0.709. The molecule has 0 aromatic heterocycles. The van der Waals surface area contributed by atoms with Crippen LogP contribution in [0.1, 0.15) is 32.6 Å². The maximum Gasteiger partial charge on any atom is 0.319 e. The van der Waals surface area contributed by atoms with Crippen molar-refractivity contribution in [1.82, 2.24) is 5.32 Å². The summed E-state index contributed by atoms with van der Waals surface area (Å²) in [5.41, 5.74) is 0. The number of hydrogen-bond acceptors (Lipinski definition) is 4. The van der Waals surface area contributed by atoms with Gasteiger partial charge in [-0.05, 0) is 19.8 Å². The predicted octanol–water partition coefficient (Wildman–Crippen LogP) is 1.22. The lowest BCUT2D eigenvalue weighted by Gasteiger charge is -2.27. The van der Waals surface area contributed by atoms with Crippen LogP contribution in [0.25, 0.3) is 0 Å². The van der Waals surface area contributed by atoms with Gasteiger partial charge in [-0.3, -0.25) is 4.79 Å². The van der Waals surface area contributed by atoms with Crippen LogP contribution in [0.15, 0.2) is 0 Å². The molecule has 0 aromatic rings. The molecule has 1 N–H and O–H groups in total. The highest BCUT2D eigenvalue weighted by Crippen LogP contribution is 2.23. The van der Waals surface area contributed by atoms with Gasteiger partial charge in [0.15, 0.2) is 0 Å². The van der Waals surface area contributed by atoms with Gasteiger partial charge in [-0.2, -0.15) is 5.26 Å². The van der Waals surface area contributed by atoms with E-state index in [4.69, 9.17) is 10.00 Å². The van der Waals surface area contributed by atoms with Crippen molar-refractivity contribution in [1.29, 1.82) is 5.26 Å². The van der Waals surface area contributed by atoms with Gasteiger partial charge in [-0.1, -0.05) is 12.8 Å². The molecule has 1 rings (SSSR count). The van der Waals surface area contributed by atoms with E-state index in [9.17, 15) is 4.79 Å². The summed E-state index contributed by atoms with van der Waals surface area (Å²) in [5.74, 6) is -0.187. The number of ether oxygens (including phenoxy) is 1. The molecule has 0 radical (unpaired) electrons. The average molecular weight is 210 g/mol. The number of hydrogen-bond donors (Lipinski definition) is 1. The highest BCUT2D eigenvalue weighted by molar-refractivity contribution is 5.71. The first-order chi connectivity index (χ1) is 7.27. The highest BCUT2D eigenvalue weighted by Gasteiger charge is 2.24. The molecule has 2 atom stereocenters. The van der Waals surface area contributed by atoms with E-state index in [1.54, 1.807) is 6.92 Å². The number of nitriles is 1. The molecule has 0 aromatic carbocycles. The Morgan fingerprint density at radius 3 is 2.93 bits per heavy atom. The largest absolute Gasteiger partial charge is 0.465 e. The number of carbonyl (C=O) groups is 1. The fraction of sp³-hybridized carbons (Fsp3) is 0.818. The lowest BCUT2D eigenvalue weighted by molar-refractivity contribution is -0.142. The van der Waals surface area contributed by atoms with Crippen molar-refractivity contribution >= 4 is 5.97 Å². The van der Waals surface area contributed by atoms with Crippen molar-refractivity contribution in [3.8, 4) is 6.07 Å². The van der Waals surface area contributed by atoms with Gasteiger partial charge in [0.2, 0.25) is 0 Å². The number of nitrogens with zero attached hydrogens (tertiary/aromatic N) is 1. The maximum absolute atomic E-state index is 11.1. The Morgan fingerprint density at radius 1 is 1.53 bits per heavy atom. The Balaban J connectivity index is 2.30. The van der Waals surface area contributed by atoms with Crippen LogP contribution in [-0.2, 0) is 9.53 Å². The third-order valence-corrected chi connectivity index (χ3v) is 2.75. The zero-order chi connectivity index (χ0) is 11.1. The Bertz CT molecular complexity index is 247. The molecule has 0 saturated heterocycles. The second-order valence-electron chi connectivity index (χ2n) is 3.81. The van der Waals surface area contributed by atoms with Crippen LogP contribution in [-0.4, -0.2) is 25.2 Å². The number of rotatable bonds is 4. The summed E-state index contributed by atoms with van der Waals surface area (Å²) in [6.07, 6.45) is 4.18. The van der Waals surface area contributed by atoms with E-state index >= 15 is 0 Å². The van der Waals surface area contributed by atoms with E-state index in [2.05, 4.69) is 11.4 Å². The van der Waals surface area contributed by atoms with Crippen LogP contribution in [0.3, 0.4) is 0 Å². The van der Waals surface area contributed by atoms with Crippen molar-refractivity contribution in [3.63, 3.8) is 0 Å². The van der Waals surface area contributed by atoms with Crippen molar-refractivity contribution < 1.29 is 9.53 Å². The predicted molar refractivity (Wildman–Crippen MR) is 56.0 cm³/mol. The number of nitrogens with one attached hydrogen (secondary N) is 1. The Hall–Kier alpha value is -1.08. The van der Waals surface area contributed by atoms with Gasteiger partial charge >= 0.3 is 5.97 Å². The molecule has 0 spiro atoms. The van der Waals surface area contributed by atoms with Crippen molar-refractivity contribution in [2.45, 2.75) is 38.6 Å². The summed E-state index contributed by atoms with van der Waals surface area (Å²) in [7, 11) is 0. The number of esters is 1. The average Bonchev–Trinajstić information content (AvgIpc) is 2.27.